The van der Waals surface area contributed by atoms with E-state index in [9.17, 15) is 9.90 Å². The number of amides is 1. The number of piperidine rings is 1. The van der Waals surface area contributed by atoms with Crippen molar-refractivity contribution in [3.05, 3.63) is 47.8 Å². The highest BCUT2D eigenvalue weighted by Crippen LogP contribution is 2.22. The van der Waals surface area contributed by atoms with Crippen molar-refractivity contribution in [3.8, 4) is 0 Å². The van der Waals surface area contributed by atoms with E-state index in [-0.39, 0.29) is 18.4 Å². The van der Waals surface area contributed by atoms with Gasteiger partial charge in [-0.2, -0.15) is 0 Å². The minimum Gasteiger partial charge on any atom is -0.396 e. The number of aryl methyl sites for hydroxylation is 1. The zero-order chi connectivity index (χ0) is 16.9. The zero-order valence-electron chi connectivity index (χ0n) is 13.9. The molecule has 1 saturated heterocycles. The number of aromatic nitrogens is 2. The summed E-state index contributed by atoms with van der Waals surface area (Å²) in [6.45, 7) is 1.59. The van der Waals surface area contributed by atoms with E-state index in [1.807, 2.05) is 47.0 Å². The monoisotopic (exact) mass is 345 g/mol. The molecule has 5 nitrogen and oxygen atoms in total. The van der Waals surface area contributed by atoms with E-state index in [0.717, 1.165) is 41.4 Å². The number of aliphatic hydroxyl groups is 1. The third kappa shape index (κ3) is 3.99. The molecule has 0 spiro atoms. The quantitative estimate of drug-likeness (QED) is 0.846. The van der Waals surface area contributed by atoms with Crippen LogP contribution in [0.4, 0.5) is 0 Å². The molecule has 0 saturated carbocycles. The van der Waals surface area contributed by atoms with Crippen LogP contribution in [0.15, 0.2) is 41.8 Å². The molecule has 0 bridgehead atoms. The van der Waals surface area contributed by atoms with E-state index in [1.54, 1.807) is 18.0 Å². The number of imidazole rings is 1. The van der Waals surface area contributed by atoms with Gasteiger partial charge in [-0.25, -0.2) is 4.98 Å². The first-order valence-corrected chi connectivity index (χ1v) is 9.25. The summed E-state index contributed by atoms with van der Waals surface area (Å²) in [6.07, 6.45) is 5.68. The molecule has 2 aromatic rings. The lowest BCUT2D eigenvalue weighted by atomic mass is 9.98. The topological polar surface area (TPSA) is 58.4 Å². The molecule has 1 aromatic heterocycles. The van der Waals surface area contributed by atoms with Crippen LogP contribution in [0.5, 0.6) is 0 Å². The molecule has 1 aliphatic rings. The number of rotatable bonds is 5. The number of likely N-dealkylation sites (tertiary alicyclic amines) is 1. The van der Waals surface area contributed by atoms with Crippen LogP contribution >= 0.6 is 11.8 Å². The Hall–Kier alpha value is -1.79. The van der Waals surface area contributed by atoms with Gasteiger partial charge in [-0.05, 0) is 36.5 Å². The number of hydrogen-bond donors (Lipinski definition) is 1. The third-order valence-corrected chi connectivity index (χ3v) is 5.51. The normalized spacial score (nSPS) is 17.9. The van der Waals surface area contributed by atoms with Gasteiger partial charge in [-0.15, -0.1) is 0 Å². The Morgan fingerprint density at radius 3 is 3.08 bits per heavy atom. The second-order valence-corrected chi connectivity index (χ2v) is 7.19. The van der Waals surface area contributed by atoms with E-state index < -0.39 is 0 Å². The lowest BCUT2D eigenvalue weighted by Gasteiger charge is -2.32. The average molecular weight is 345 g/mol. The van der Waals surface area contributed by atoms with Gasteiger partial charge in [0, 0.05) is 50.5 Å². The van der Waals surface area contributed by atoms with E-state index in [0.29, 0.717) is 6.54 Å². The van der Waals surface area contributed by atoms with Crippen molar-refractivity contribution in [3.63, 3.8) is 0 Å². The number of benzene rings is 1. The SMILES string of the molecule is Cn1ccnc1SCc1cccc(C(=O)N2CCCC(CO)C2)c1. The lowest BCUT2D eigenvalue weighted by Crippen LogP contribution is -2.40. The molecule has 1 fully saturated rings. The Morgan fingerprint density at radius 1 is 1.46 bits per heavy atom. The molecule has 1 unspecified atom stereocenters. The van der Waals surface area contributed by atoms with Crippen molar-refractivity contribution in [1.29, 1.82) is 0 Å². The summed E-state index contributed by atoms with van der Waals surface area (Å²) in [5.74, 6) is 1.06. The molecular formula is C18H23N3O2S. The molecule has 0 radical (unpaired) electrons. The van der Waals surface area contributed by atoms with Crippen LogP contribution in [0.3, 0.4) is 0 Å². The molecule has 1 atom stereocenters. The van der Waals surface area contributed by atoms with Crippen LogP contribution in [-0.2, 0) is 12.8 Å². The fourth-order valence-electron chi connectivity index (χ4n) is 3.01. The Kier molecular flexibility index (Phi) is 5.58. The van der Waals surface area contributed by atoms with Crippen molar-refractivity contribution in [2.75, 3.05) is 19.7 Å². The van der Waals surface area contributed by atoms with Gasteiger partial charge < -0.3 is 14.6 Å². The molecule has 128 valence electrons. The number of aliphatic hydroxyl groups excluding tert-OH is 1. The van der Waals surface area contributed by atoms with Crippen LogP contribution in [-0.4, -0.2) is 45.2 Å². The maximum atomic E-state index is 12.7. The minimum absolute atomic E-state index is 0.0667. The first-order valence-electron chi connectivity index (χ1n) is 8.26. The molecule has 0 aliphatic carbocycles. The Balaban J connectivity index is 1.66. The predicted molar refractivity (Wildman–Crippen MR) is 94.9 cm³/mol. The standard InChI is InChI=1S/C18H23N3O2S/c1-20-9-7-19-18(20)24-13-14-4-2-6-16(10-14)17(23)21-8-3-5-15(11-21)12-22/h2,4,6-7,9-10,15,22H,3,5,8,11-13H2,1H3. The van der Waals surface area contributed by atoms with Crippen LogP contribution in [0, 0.1) is 5.92 Å². The zero-order valence-corrected chi connectivity index (χ0v) is 14.7. The molecule has 2 heterocycles. The summed E-state index contributed by atoms with van der Waals surface area (Å²) < 4.78 is 1.99. The highest BCUT2D eigenvalue weighted by atomic mass is 32.2. The minimum atomic E-state index is 0.0667. The van der Waals surface area contributed by atoms with Crippen molar-refractivity contribution in [2.45, 2.75) is 23.8 Å². The molecule has 1 amide bonds. The molecule has 3 rings (SSSR count). The van der Waals surface area contributed by atoms with Crippen molar-refractivity contribution in [1.82, 2.24) is 14.5 Å². The Bertz CT molecular complexity index is 701. The number of hydrogen-bond acceptors (Lipinski definition) is 4. The number of thioether (sulfide) groups is 1. The van der Waals surface area contributed by atoms with E-state index in [1.165, 1.54) is 0 Å². The number of carbonyl (C=O) groups excluding carboxylic acids is 1. The first-order chi connectivity index (χ1) is 11.7. The largest absolute Gasteiger partial charge is 0.396 e. The Labute approximate surface area is 146 Å². The summed E-state index contributed by atoms with van der Waals surface area (Å²) >= 11 is 1.66. The lowest BCUT2D eigenvalue weighted by molar-refractivity contribution is 0.0620. The van der Waals surface area contributed by atoms with Crippen molar-refractivity contribution >= 4 is 17.7 Å². The molecular weight excluding hydrogens is 322 g/mol. The molecule has 24 heavy (non-hydrogen) atoms. The van der Waals surface area contributed by atoms with Gasteiger partial charge in [0.1, 0.15) is 0 Å². The first kappa shape index (κ1) is 17.0. The maximum absolute atomic E-state index is 12.7. The van der Waals surface area contributed by atoms with Crippen LogP contribution in [0.1, 0.15) is 28.8 Å². The summed E-state index contributed by atoms with van der Waals surface area (Å²) in [5, 5.41) is 10.3. The van der Waals surface area contributed by atoms with Gasteiger partial charge in [0.2, 0.25) is 0 Å². The fraction of sp³-hybridized carbons (Fsp3) is 0.444. The summed E-state index contributed by atoms with van der Waals surface area (Å²) in [5.41, 5.74) is 1.84. The van der Waals surface area contributed by atoms with E-state index in [2.05, 4.69) is 4.98 Å². The summed E-state index contributed by atoms with van der Waals surface area (Å²) in [4.78, 5) is 18.9. The average Bonchev–Trinajstić information content (AvgIpc) is 3.04. The van der Waals surface area contributed by atoms with Crippen LogP contribution in [0.2, 0.25) is 0 Å². The number of nitrogens with zero attached hydrogens (tertiary/aromatic N) is 3. The second kappa shape index (κ2) is 7.85. The van der Waals surface area contributed by atoms with Crippen LogP contribution in [0.25, 0.3) is 0 Å². The highest BCUT2D eigenvalue weighted by molar-refractivity contribution is 7.98. The summed E-state index contributed by atoms with van der Waals surface area (Å²) in [6, 6.07) is 7.83. The smallest absolute Gasteiger partial charge is 0.253 e. The van der Waals surface area contributed by atoms with Gasteiger partial charge in [0.05, 0.1) is 0 Å². The summed E-state index contributed by atoms with van der Waals surface area (Å²) in [7, 11) is 1.98. The van der Waals surface area contributed by atoms with Crippen molar-refractivity contribution < 1.29 is 9.90 Å². The molecule has 1 N–H and O–H groups in total. The molecule has 6 heteroatoms. The van der Waals surface area contributed by atoms with Gasteiger partial charge in [-0.1, -0.05) is 23.9 Å². The van der Waals surface area contributed by atoms with Gasteiger partial charge in [0.15, 0.2) is 5.16 Å². The fourth-order valence-corrected chi connectivity index (χ4v) is 3.89. The second-order valence-electron chi connectivity index (χ2n) is 6.25. The van der Waals surface area contributed by atoms with Gasteiger partial charge >= 0.3 is 0 Å². The van der Waals surface area contributed by atoms with Gasteiger partial charge in [0.25, 0.3) is 5.91 Å². The Morgan fingerprint density at radius 2 is 2.33 bits per heavy atom. The highest BCUT2D eigenvalue weighted by Gasteiger charge is 2.24. The van der Waals surface area contributed by atoms with E-state index >= 15 is 0 Å². The third-order valence-electron chi connectivity index (χ3n) is 4.38. The predicted octanol–water partition coefficient (Wildman–Crippen LogP) is 2.56. The van der Waals surface area contributed by atoms with Crippen molar-refractivity contribution in [2.24, 2.45) is 13.0 Å². The molecule has 1 aromatic carbocycles. The number of carbonyl (C=O) groups is 1. The maximum Gasteiger partial charge on any atom is 0.253 e. The molecule has 1 aliphatic heterocycles. The van der Waals surface area contributed by atoms with Gasteiger partial charge in [-0.3, -0.25) is 4.79 Å². The van der Waals surface area contributed by atoms with Crippen LogP contribution < -0.4 is 0 Å². The van der Waals surface area contributed by atoms with E-state index in [4.69, 9.17) is 0 Å².